The van der Waals surface area contributed by atoms with Gasteiger partial charge in [-0.05, 0) is 47.9 Å². The SMILES string of the molecule is CCCCn1nnnc1COC(=O)c1cc(S(=O)(=O)N2CCCCC2)ccc1N1CCOCC1. The van der Waals surface area contributed by atoms with Crippen LogP contribution in [0, 0.1) is 0 Å². The summed E-state index contributed by atoms with van der Waals surface area (Å²) in [6.45, 7) is 5.88. The average Bonchev–Trinajstić information content (AvgIpc) is 3.34. The van der Waals surface area contributed by atoms with Crippen LogP contribution in [0.2, 0.25) is 0 Å². The van der Waals surface area contributed by atoms with Gasteiger partial charge < -0.3 is 14.4 Å². The van der Waals surface area contributed by atoms with Crippen molar-refractivity contribution in [2.24, 2.45) is 0 Å². The summed E-state index contributed by atoms with van der Waals surface area (Å²) < 4.78 is 40.6. The number of hydrogen-bond donors (Lipinski definition) is 0. The Bertz CT molecular complexity index is 1080. The predicted octanol–water partition coefficient (Wildman–Crippen LogP) is 1.84. The van der Waals surface area contributed by atoms with E-state index >= 15 is 0 Å². The summed E-state index contributed by atoms with van der Waals surface area (Å²) in [6.07, 6.45) is 4.60. The first-order valence-corrected chi connectivity index (χ1v) is 13.3. The number of esters is 1. The van der Waals surface area contributed by atoms with Crippen molar-refractivity contribution >= 4 is 21.7 Å². The fraction of sp³-hybridized carbons (Fsp3) is 0.636. The third-order valence-electron chi connectivity index (χ3n) is 6.15. The van der Waals surface area contributed by atoms with Gasteiger partial charge in [0, 0.05) is 32.7 Å². The van der Waals surface area contributed by atoms with E-state index in [-0.39, 0.29) is 17.1 Å². The summed E-state index contributed by atoms with van der Waals surface area (Å²) in [6, 6.07) is 4.72. The number of rotatable bonds is 9. The lowest BCUT2D eigenvalue weighted by atomic mass is 10.1. The maximum atomic E-state index is 13.2. The molecule has 0 atom stereocenters. The van der Waals surface area contributed by atoms with E-state index in [1.807, 2.05) is 4.90 Å². The molecule has 12 heteroatoms. The van der Waals surface area contributed by atoms with Crippen LogP contribution in [0.1, 0.15) is 55.2 Å². The van der Waals surface area contributed by atoms with Gasteiger partial charge in [-0.15, -0.1) is 5.10 Å². The van der Waals surface area contributed by atoms with Gasteiger partial charge in [-0.1, -0.05) is 19.8 Å². The summed E-state index contributed by atoms with van der Waals surface area (Å²) in [4.78, 5) is 15.3. The van der Waals surface area contributed by atoms with Gasteiger partial charge in [-0.2, -0.15) is 4.31 Å². The molecule has 0 N–H and O–H groups in total. The zero-order valence-electron chi connectivity index (χ0n) is 19.6. The number of carbonyl (C=O) groups is 1. The van der Waals surface area contributed by atoms with Crippen LogP contribution < -0.4 is 4.90 Å². The Morgan fingerprint density at radius 2 is 1.88 bits per heavy atom. The van der Waals surface area contributed by atoms with E-state index < -0.39 is 16.0 Å². The van der Waals surface area contributed by atoms with Gasteiger partial charge in [-0.3, -0.25) is 0 Å². The second kappa shape index (κ2) is 11.2. The summed E-state index contributed by atoms with van der Waals surface area (Å²) in [5.74, 6) is -0.158. The van der Waals surface area contributed by atoms with Crippen LogP contribution in [0.15, 0.2) is 23.1 Å². The van der Waals surface area contributed by atoms with Gasteiger partial charge in [0.1, 0.15) is 0 Å². The van der Waals surface area contributed by atoms with Crippen LogP contribution in [0.25, 0.3) is 0 Å². The van der Waals surface area contributed by atoms with E-state index in [1.54, 1.807) is 16.8 Å². The molecule has 34 heavy (non-hydrogen) atoms. The van der Waals surface area contributed by atoms with E-state index in [0.29, 0.717) is 57.4 Å². The molecular formula is C22H32N6O5S. The molecule has 0 amide bonds. The minimum absolute atomic E-state index is 0.0960. The van der Waals surface area contributed by atoms with E-state index in [2.05, 4.69) is 22.4 Å². The topological polar surface area (TPSA) is 120 Å². The van der Waals surface area contributed by atoms with Crippen molar-refractivity contribution < 1.29 is 22.7 Å². The number of hydrogen-bond acceptors (Lipinski definition) is 9. The van der Waals surface area contributed by atoms with Crippen LogP contribution in [0.3, 0.4) is 0 Å². The Hall–Kier alpha value is -2.57. The summed E-state index contributed by atoms with van der Waals surface area (Å²) in [5, 5.41) is 11.6. The van der Waals surface area contributed by atoms with Crippen molar-refractivity contribution in [3.05, 3.63) is 29.6 Å². The predicted molar refractivity (Wildman–Crippen MR) is 124 cm³/mol. The highest BCUT2D eigenvalue weighted by Gasteiger charge is 2.29. The van der Waals surface area contributed by atoms with Crippen molar-refractivity contribution in [2.45, 2.75) is 57.1 Å². The van der Waals surface area contributed by atoms with Gasteiger partial charge in [0.05, 0.1) is 29.4 Å². The van der Waals surface area contributed by atoms with Crippen LogP contribution >= 0.6 is 0 Å². The summed E-state index contributed by atoms with van der Waals surface area (Å²) >= 11 is 0. The lowest BCUT2D eigenvalue weighted by Gasteiger charge is -2.31. The number of ether oxygens (including phenoxy) is 2. The molecule has 2 aliphatic rings. The molecule has 0 radical (unpaired) electrons. The minimum atomic E-state index is -3.69. The van der Waals surface area contributed by atoms with E-state index in [0.717, 1.165) is 32.1 Å². The highest BCUT2D eigenvalue weighted by molar-refractivity contribution is 7.89. The maximum Gasteiger partial charge on any atom is 0.340 e. The van der Waals surface area contributed by atoms with Crippen molar-refractivity contribution in [1.82, 2.24) is 24.5 Å². The second-order valence-electron chi connectivity index (χ2n) is 8.49. The molecule has 0 bridgehead atoms. The monoisotopic (exact) mass is 492 g/mol. The molecule has 2 aromatic rings. The molecule has 2 aliphatic heterocycles. The third kappa shape index (κ3) is 5.56. The van der Waals surface area contributed by atoms with Gasteiger partial charge in [0.15, 0.2) is 12.4 Å². The number of nitrogens with zero attached hydrogens (tertiary/aromatic N) is 6. The molecule has 2 saturated heterocycles. The smallest absolute Gasteiger partial charge is 0.340 e. The largest absolute Gasteiger partial charge is 0.454 e. The number of carbonyl (C=O) groups excluding carboxylic acids is 1. The Morgan fingerprint density at radius 3 is 2.62 bits per heavy atom. The van der Waals surface area contributed by atoms with E-state index in [1.165, 1.54) is 10.4 Å². The summed E-state index contributed by atoms with van der Waals surface area (Å²) in [5.41, 5.74) is 0.851. The Kier molecular flexibility index (Phi) is 8.11. The highest BCUT2D eigenvalue weighted by atomic mass is 32.2. The number of tetrazole rings is 1. The van der Waals surface area contributed by atoms with Crippen LogP contribution in [0.4, 0.5) is 5.69 Å². The lowest BCUT2D eigenvalue weighted by molar-refractivity contribution is 0.0456. The molecule has 11 nitrogen and oxygen atoms in total. The molecule has 1 aromatic heterocycles. The van der Waals surface area contributed by atoms with Gasteiger partial charge in [0.25, 0.3) is 0 Å². The quantitative estimate of drug-likeness (QED) is 0.483. The molecule has 2 fully saturated rings. The molecule has 4 rings (SSSR count). The number of morpholine rings is 1. The van der Waals surface area contributed by atoms with Crippen molar-refractivity contribution in [2.75, 3.05) is 44.3 Å². The fourth-order valence-corrected chi connectivity index (χ4v) is 5.73. The average molecular weight is 493 g/mol. The molecule has 0 aliphatic carbocycles. The normalized spacial score (nSPS) is 17.6. The molecular weight excluding hydrogens is 460 g/mol. The maximum absolute atomic E-state index is 13.2. The first-order chi connectivity index (χ1) is 16.5. The number of piperidine rings is 1. The van der Waals surface area contributed by atoms with Crippen molar-refractivity contribution in [3.63, 3.8) is 0 Å². The number of aromatic nitrogens is 4. The van der Waals surface area contributed by atoms with E-state index in [9.17, 15) is 13.2 Å². The van der Waals surface area contributed by atoms with Crippen molar-refractivity contribution in [3.8, 4) is 0 Å². The molecule has 0 unspecified atom stereocenters. The fourth-order valence-electron chi connectivity index (χ4n) is 4.19. The van der Waals surface area contributed by atoms with Crippen LogP contribution in [-0.4, -0.2) is 78.3 Å². The minimum Gasteiger partial charge on any atom is -0.454 e. The van der Waals surface area contributed by atoms with Gasteiger partial charge in [0.2, 0.25) is 10.0 Å². The first-order valence-electron chi connectivity index (χ1n) is 11.9. The number of unbranched alkanes of at least 4 members (excludes halogenated alkanes) is 1. The second-order valence-corrected chi connectivity index (χ2v) is 10.4. The molecule has 0 saturated carbocycles. The lowest BCUT2D eigenvalue weighted by Crippen LogP contribution is -2.38. The zero-order chi connectivity index (χ0) is 24.0. The Balaban J connectivity index is 1.59. The van der Waals surface area contributed by atoms with Crippen molar-refractivity contribution in [1.29, 1.82) is 0 Å². The third-order valence-corrected chi connectivity index (χ3v) is 8.05. The number of aryl methyl sites for hydroxylation is 1. The highest BCUT2D eigenvalue weighted by Crippen LogP contribution is 2.28. The van der Waals surface area contributed by atoms with Gasteiger partial charge >= 0.3 is 5.97 Å². The number of benzene rings is 1. The number of anilines is 1. The van der Waals surface area contributed by atoms with Crippen LogP contribution in [-0.2, 0) is 32.6 Å². The number of sulfonamides is 1. The summed E-state index contributed by atoms with van der Waals surface area (Å²) in [7, 11) is -3.69. The van der Waals surface area contributed by atoms with Gasteiger partial charge in [-0.25, -0.2) is 17.9 Å². The molecule has 186 valence electrons. The molecule has 3 heterocycles. The van der Waals surface area contributed by atoms with E-state index in [4.69, 9.17) is 9.47 Å². The Morgan fingerprint density at radius 1 is 1.12 bits per heavy atom. The first kappa shape index (κ1) is 24.6. The molecule has 1 aromatic carbocycles. The van der Waals surface area contributed by atoms with Crippen LogP contribution in [0.5, 0.6) is 0 Å². The standard InChI is InChI=1S/C22H32N6O5S/c1-2-3-11-28-21(23-24-25-28)17-33-22(29)19-16-18(34(30,31)27-9-5-4-6-10-27)7-8-20(19)26-12-14-32-15-13-26/h7-8,16H,2-6,9-15,17H2,1H3. The Labute approximate surface area is 200 Å². The molecule has 0 spiro atoms. The zero-order valence-corrected chi connectivity index (χ0v) is 20.4.